The quantitative estimate of drug-likeness (QED) is 0.795. The van der Waals surface area contributed by atoms with Gasteiger partial charge in [-0.1, -0.05) is 6.07 Å². The number of nitrogens with one attached hydrogen (secondary N) is 2. The van der Waals surface area contributed by atoms with E-state index in [4.69, 9.17) is 0 Å². The minimum Gasteiger partial charge on any atom is -0.347 e. The largest absolute Gasteiger partial charge is 0.416 e. The summed E-state index contributed by atoms with van der Waals surface area (Å²) < 4.78 is 38.1. The lowest BCUT2D eigenvalue weighted by Crippen LogP contribution is -2.36. The summed E-state index contributed by atoms with van der Waals surface area (Å²) in [5.41, 5.74) is -0.769. The van der Waals surface area contributed by atoms with Crippen LogP contribution >= 0.6 is 0 Å². The predicted molar refractivity (Wildman–Crippen MR) is 92.7 cm³/mol. The maximum atomic E-state index is 12.7. The van der Waals surface area contributed by atoms with E-state index in [0.29, 0.717) is 11.8 Å². The Kier molecular flexibility index (Phi) is 4.61. The highest BCUT2D eigenvalue weighted by atomic mass is 19.4. The first-order chi connectivity index (χ1) is 12.8. The number of anilines is 1. The zero-order valence-corrected chi connectivity index (χ0v) is 14.8. The number of nitrogens with zero attached hydrogens (tertiary/aromatic N) is 1. The van der Waals surface area contributed by atoms with Gasteiger partial charge in [0.05, 0.1) is 12.1 Å². The van der Waals surface area contributed by atoms with Gasteiger partial charge >= 0.3 is 6.18 Å². The Morgan fingerprint density at radius 2 is 1.85 bits per heavy atom. The number of likely N-dealkylation sites (tertiary alicyclic amines) is 1. The standard InChI is InChI=1S/C19H22F3N3O2/c20-19(21,22)12-2-1-3-13(6-12)24-16(26)7-23-18(27)17-14-9-25(10-15(14)17)8-11-4-5-11/h1-3,6,11,14-15,17H,4-5,7-10H2,(H,23,27)(H,24,26)/t14-,15+,17?. The molecule has 0 spiro atoms. The summed E-state index contributed by atoms with van der Waals surface area (Å²) in [6, 6.07) is 4.43. The number of piperidine rings is 1. The van der Waals surface area contributed by atoms with Crippen molar-refractivity contribution in [1.29, 1.82) is 0 Å². The maximum Gasteiger partial charge on any atom is 0.416 e. The Balaban J connectivity index is 1.21. The van der Waals surface area contributed by atoms with Gasteiger partial charge in [-0.25, -0.2) is 0 Å². The van der Waals surface area contributed by atoms with E-state index in [2.05, 4.69) is 15.5 Å². The van der Waals surface area contributed by atoms with Gasteiger partial charge in [-0.05, 0) is 48.8 Å². The number of benzene rings is 1. The molecular formula is C19H22F3N3O2. The van der Waals surface area contributed by atoms with Crippen LogP contribution in [0.3, 0.4) is 0 Å². The van der Waals surface area contributed by atoms with Crippen LogP contribution in [0.2, 0.25) is 0 Å². The fourth-order valence-electron chi connectivity index (χ4n) is 4.08. The van der Waals surface area contributed by atoms with E-state index in [1.165, 1.54) is 25.0 Å². The molecule has 2 aliphatic carbocycles. The van der Waals surface area contributed by atoms with Crippen molar-refractivity contribution in [2.24, 2.45) is 23.7 Å². The van der Waals surface area contributed by atoms with E-state index in [1.54, 1.807) is 0 Å². The molecule has 8 heteroatoms. The van der Waals surface area contributed by atoms with Crippen LogP contribution in [-0.4, -0.2) is 42.9 Å². The smallest absolute Gasteiger partial charge is 0.347 e. The maximum absolute atomic E-state index is 12.7. The highest BCUT2D eigenvalue weighted by Crippen LogP contribution is 2.52. The lowest BCUT2D eigenvalue weighted by molar-refractivity contribution is -0.137. The second-order valence-corrected chi connectivity index (χ2v) is 7.86. The van der Waals surface area contributed by atoms with E-state index in [0.717, 1.165) is 37.7 Å². The molecule has 3 aliphatic rings. The van der Waals surface area contributed by atoms with Crippen LogP contribution in [0.4, 0.5) is 18.9 Å². The van der Waals surface area contributed by atoms with Crippen LogP contribution in [0.15, 0.2) is 24.3 Å². The number of alkyl halides is 3. The molecule has 1 aliphatic heterocycles. The van der Waals surface area contributed by atoms with E-state index < -0.39 is 17.6 Å². The third-order valence-electron chi connectivity index (χ3n) is 5.68. The van der Waals surface area contributed by atoms with Gasteiger partial charge in [0.25, 0.3) is 0 Å². The summed E-state index contributed by atoms with van der Waals surface area (Å²) in [6.45, 7) is 2.81. The molecule has 27 heavy (non-hydrogen) atoms. The lowest BCUT2D eigenvalue weighted by Gasteiger charge is -2.18. The highest BCUT2D eigenvalue weighted by Gasteiger charge is 2.59. The average molecular weight is 381 g/mol. The first kappa shape index (κ1) is 18.3. The van der Waals surface area contributed by atoms with Crippen molar-refractivity contribution in [1.82, 2.24) is 10.2 Å². The number of amides is 2. The van der Waals surface area contributed by atoms with Gasteiger partial charge in [0.15, 0.2) is 0 Å². The number of rotatable bonds is 6. The van der Waals surface area contributed by atoms with E-state index in [9.17, 15) is 22.8 Å². The summed E-state index contributed by atoms with van der Waals surface area (Å²) in [7, 11) is 0. The molecule has 2 saturated carbocycles. The molecule has 0 radical (unpaired) electrons. The van der Waals surface area contributed by atoms with E-state index >= 15 is 0 Å². The summed E-state index contributed by atoms with van der Waals surface area (Å²) in [5, 5.41) is 5.01. The molecule has 2 amide bonds. The fraction of sp³-hybridized carbons (Fsp3) is 0.579. The molecule has 1 heterocycles. The summed E-state index contributed by atoms with van der Waals surface area (Å²) >= 11 is 0. The van der Waals surface area contributed by atoms with Gasteiger partial charge < -0.3 is 15.5 Å². The molecule has 1 saturated heterocycles. The van der Waals surface area contributed by atoms with Gasteiger partial charge in [-0.3, -0.25) is 9.59 Å². The van der Waals surface area contributed by atoms with E-state index in [1.807, 2.05) is 0 Å². The Bertz CT molecular complexity index is 736. The van der Waals surface area contributed by atoms with Gasteiger partial charge in [-0.2, -0.15) is 13.2 Å². The second kappa shape index (κ2) is 6.82. The van der Waals surface area contributed by atoms with Crippen molar-refractivity contribution < 1.29 is 22.8 Å². The molecule has 5 nitrogen and oxygen atoms in total. The van der Waals surface area contributed by atoms with Crippen LogP contribution < -0.4 is 10.6 Å². The molecular weight excluding hydrogens is 359 g/mol. The molecule has 3 fully saturated rings. The monoisotopic (exact) mass is 381 g/mol. The van der Waals surface area contributed by atoms with Crippen molar-refractivity contribution in [2.75, 3.05) is 31.5 Å². The van der Waals surface area contributed by atoms with Crippen LogP contribution in [0.5, 0.6) is 0 Å². The van der Waals surface area contributed by atoms with Crippen LogP contribution in [0, 0.1) is 23.7 Å². The normalized spacial score (nSPS) is 27.1. The molecule has 1 unspecified atom stereocenters. The van der Waals surface area contributed by atoms with Crippen molar-refractivity contribution in [3.63, 3.8) is 0 Å². The predicted octanol–water partition coefficient (Wildman–Crippen LogP) is 2.35. The Hall–Kier alpha value is -2.09. The van der Waals surface area contributed by atoms with Crippen LogP contribution in [-0.2, 0) is 15.8 Å². The minimum absolute atomic E-state index is 0.0261. The van der Waals surface area contributed by atoms with Crippen LogP contribution in [0.25, 0.3) is 0 Å². The lowest BCUT2D eigenvalue weighted by atomic mass is 10.2. The van der Waals surface area contributed by atoms with Gasteiger partial charge in [-0.15, -0.1) is 0 Å². The number of carbonyl (C=O) groups excluding carboxylic acids is 2. The molecule has 4 rings (SSSR count). The molecule has 0 aromatic heterocycles. The number of halogens is 3. The summed E-state index contributed by atoms with van der Waals surface area (Å²) in [6.07, 6.45) is -1.83. The van der Waals surface area contributed by atoms with Crippen molar-refractivity contribution in [3.8, 4) is 0 Å². The first-order valence-electron chi connectivity index (χ1n) is 9.28. The van der Waals surface area contributed by atoms with Crippen molar-refractivity contribution in [3.05, 3.63) is 29.8 Å². The van der Waals surface area contributed by atoms with Gasteiger partial charge in [0.1, 0.15) is 0 Å². The molecule has 1 aromatic carbocycles. The molecule has 2 N–H and O–H groups in total. The number of hydrogen-bond acceptors (Lipinski definition) is 3. The molecule has 1 aromatic rings. The zero-order chi connectivity index (χ0) is 19.2. The van der Waals surface area contributed by atoms with E-state index in [-0.39, 0.29) is 24.1 Å². The summed E-state index contributed by atoms with van der Waals surface area (Å²) in [4.78, 5) is 26.6. The molecule has 146 valence electrons. The number of hydrogen-bond donors (Lipinski definition) is 2. The third kappa shape index (κ3) is 4.26. The van der Waals surface area contributed by atoms with Crippen LogP contribution in [0.1, 0.15) is 18.4 Å². The molecule has 3 atom stereocenters. The minimum atomic E-state index is -4.47. The Morgan fingerprint density at radius 1 is 1.15 bits per heavy atom. The van der Waals surface area contributed by atoms with Gasteiger partial charge in [0.2, 0.25) is 11.8 Å². The first-order valence-corrected chi connectivity index (χ1v) is 9.28. The average Bonchev–Trinajstić information content (AvgIpc) is 3.50. The van der Waals surface area contributed by atoms with Crippen molar-refractivity contribution >= 4 is 17.5 Å². The summed E-state index contributed by atoms with van der Waals surface area (Å²) in [5.74, 6) is 0.917. The number of fused-ring (bicyclic) bond motifs is 1. The van der Waals surface area contributed by atoms with Gasteiger partial charge in [0, 0.05) is 31.2 Å². The SMILES string of the molecule is O=C(CNC(=O)C1[C@H]2CN(CC3CC3)C[C@@H]12)Nc1cccc(C(F)(F)F)c1. The topological polar surface area (TPSA) is 61.4 Å². The molecule has 0 bridgehead atoms. The third-order valence-corrected chi connectivity index (χ3v) is 5.68. The number of carbonyl (C=O) groups is 2. The Morgan fingerprint density at radius 3 is 2.48 bits per heavy atom. The fourth-order valence-corrected chi connectivity index (χ4v) is 4.08. The zero-order valence-electron chi connectivity index (χ0n) is 14.8. The van der Waals surface area contributed by atoms with Crippen molar-refractivity contribution in [2.45, 2.75) is 19.0 Å². The highest BCUT2D eigenvalue weighted by molar-refractivity contribution is 5.95. The second-order valence-electron chi connectivity index (χ2n) is 7.86. The Labute approximate surface area is 155 Å².